The van der Waals surface area contributed by atoms with E-state index in [1.54, 1.807) is 17.9 Å². The predicted molar refractivity (Wildman–Crippen MR) is 83.4 cm³/mol. The topological polar surface area (TPSA) is 96.6 Å². The van der Waals surface area contributed by atoms with E-state index in [9.17, 15) is 15.0 Å². The molecule has 0 saturated heterocycles. The number of nitrogens with one attached hydrogen (secondary N) is 1. The highest BCUT2D eigenvalue weighted by atomic mass is 16.5. The third kappa shape index (κ3) is 5.39. The number of ether oxygens (including phenoxy) is 1. The maximum absolute atomic E-state index is 11.6. The maximum atomic E-state index is 11.6. The van der Waals surface area contributed by atoms with E-state index in [4.69, 9.17) is 4.74 Å². The summed E-state index contributed by atoms with van der Waals surface area (Å²) in [6.45, 7) is 0.389. The zero-order valence-corrected chi connectivity index (χ0v) is 12.9. The molecule has 2 unspecified atom stereocenters. The molecular formula is C16H21N3O4. The van der Waals surface area contributed by atoms with Crippen LogP contribution in [0.3, 0.4) is 0 Å². The van der Waals surface area contributed by atoms with Gasteiger partial charge < -0.3 is 20.3 Å². The van der Waals surface area contributed by atoms with Crippen LogP contribution in [0.4, 0.5) is 4.79 Å². The highest BCUT2D eigenvalue weighted by molar-refractivity contribution is 5.67. The van der Waals surface area contributed by atoms with Gasteiger partial charge in [0.05, 0.1) is 12.3 Å². The first kappa shape index (κ1) is 17.0. The van der Waals surface area contributed by atoms with Crippen molar-refractivity contribution in [1.29, 1.82) is 0 Å². The van der Waals surface area contributed by atoms with Crippen LogP contribution in [0.15, 0.2) is 42.7 Å². The van der Waals surface area contributed by atoms with Crippen LogP contribution in [0.1, 0.15) is 23.7 Å². The number of carbonyl (C=O) groups is 1. The lowest BCUT2D eigenvalue weighted by Crippen LogP contribution is -2.29. The van der Waals surface area contributed by atoms with Crippen LogP contribution in [0, 0.1) is 0 Å². The number of rotatable bonds is 7. The van der Waals surface area contributed by atoms with Crippen molar-refractivity contribution >= 4 is 6.09 Å². The fraction of sp³-hybridized carbons (Fsp3) is 0.375. The second-order valence-corrected chi connectivity index (χ2v) is 5.24. The molecule has 7 heteroatoms. The van der Waals surface area contributed by atoms with Gasteiger partial charge in [0, 0.05) is 25.4 Å². The summed E-state index contributed by atoms with van der Waals surface area (Å²) in [5.74, 6) is 0. The van der Waals surface area contributed by atoms with Crippen molar-refractivity contribution in [2.24, 2.45) is 7.05 Å². The Morgan fingerprint density at radius 3 is 2.74 bits per heavy atom. The van der Waals surface area contributed by atoms with Crippen LogP contribution in [0.5, 0.6) is 0 Å². The molecule has 1 aromatic carbocycles. The highest BCUT2D eigenvalue weighted by Gasteiger charge is 2.19. The van der Waals surface area contributed by atoms with Gasteiger partial charge in [-0.1, -0.05) is 30.3 Å². The molecule has 23 heavy (non-hydrogen) atoms. The predicted octanol–water partition coefficient (Wildman–Crippen LogP) is 1.13. The third-order valence-electron chi connectivity index (χ3n) is 3.35. The number of carbonyl (C=O) groups excluding carboxylic acids is 1. The molecule has 0 spiro atoms. The first-order chi connectivity index (χ1) is 11.1. The number of hydrogen-bond donors (Lipinski definition) is 3. The molecule has 3 N–H and O–H groups in total. The minimum Gasteiger partial charge on any atom is -0.445 e. The fourth-order valence-electron chi connectivity index (χ4n) is 2.07. The Balaban J connectivity index is 1.66. The quantitative estimate of drug-likeness (QED) is 0.711. The van der Waals surface area contributed by atoms with E-state index in [0.717, 1.165) is 5.56 Å². The minimum atomic E-state index is -1.04. The number of aryl methyl sites for hydroxylation is 1. The number of hydrogen-bond acceptors (Lipinski definition) is 5. The summed E-state index contributed by atoms with van der Waals surface area (Å²) < 4.78 is 6.60. The zero-order chi connectivity index (χ0) is 16.7. The SMILES string of the molecule is Cn1cc(C(O)C(O)CCNC(=O)OCc2ccccc2)cn1. The number of benzene rings is 1. The molecule has 0 fully saturated rings. The van der Waals surface area contributed by atoms with Gasteiger partial charge in [0.15, 0.2) is 0 Å². The average molecular weight is 319 g/mol. The normalized spacial score (nSPS) is 13.3. The van der Waals surface area contributed by atoms with E-state index < -0.39 is 18.3 Å². The first-order valence-electron chi connectivity index (χ1n) is 7.35. The van der Waals surface area contributed by atoms with Crippen LogP contribution < -0.4 is 5.32 Å². The monoisotopic (exact) mass is 319 g/mol. The van der Waals surface area contributed by atoms with Crippen LogP contribution in [0.2, 0.25) is 0 Å². The van der Waals surface area contributed by atoms with Gasteiger partial charge in [-0.15, -0.1) is 0 Å². The Morgan fingerprint density at radius 2 is 2.09 bits per heavy atom. The smallest absolute Gasteiger partial charge is 0.407 e. The molecule has 2 atom stereocenters. The van der Waals surface area contributed by atoms with Gasteiger partial charge in [0.1, 0.15) is 12.7 Å². The van der Waals surface area contributed by atoms with Crippen molar-refractivity contribution in [2.45, 2.75) is 25.2 Å². The van der Waals surface area contributed by atoms with Gasteiger partial charge in [-0.25, -0.2) is 4.79 Å². The lowest BCUT2D eigenvalue weighted by molar-refractivity contribution is 0.0136. The van der Waals surface area contributed by atoms with Gasteiger partial charge in [-0.05, 0) is 12.0 Å². The van der Waals surface area contributed by atoms with Crippen LogP contribution in [-0.4, -0.2) is 38.7 Å². The highest BCUT2D eigenvalue weighted by Crippen LogP contribution is 2.17. The second kappa shape index (κ2) is 8.30. The number of nitrogens with zero attached hydrogens (tertiary/aromatic N) is 2. The molecule has 0 aliphatic carbocycles. The van der Waals surface area contributed by atoms with E-state index in [0.29, 0.717) is 5.56 Å². The van der Waals surface area contributed by atoms with Gasteiger partial charge in [0.2, 0.25) is 0 Å². The molecule has 0 saturated carbocycles. The summed E-state index contributed by atoms with van der Waals surface area (Å²) in [5.41, 5.74) is 1.43. The molecule has 0 aliphatic rings. The standard InChI is InChI=1S/C16H21N3O4/c1-19-10-13(9-18-19)15(21)14(20)7-8-17-16(22)23-11-12-5-3-2-4-6-12/h2-6,9-10,14-15,20-21H,7-8,11H2,1H3,(H,17,22). The molecular weight excluding hydrogens is 298 g/mol. The van der Waals surface area contributed by atoms with Gasteiger partial charge >= 0.3 is 6.09 Å². The Labute approximate surface area is 134 Å². The second-order valence-electron chi connectivity index (χ2n) is 5.24. The van der Waals surface area contributed by atoms with Crippen molar-refractivity contribution < 1.29 is 19.7 Å². The Bertz CT molecular complexity index is 615. The summed E-state index contributed by atoms with van der Waals surface area (Å²) in [5, 5.41) is 26.4. The van der Waals surface area contributed by atoms with Gasteiger partial charge in [0.25, 0.3) is 0 Å². The number of alkyl carbamates (subject to hydrolysis) is 1. The van der Waals surface area contributed by atoms with E-state index in [-0.39, 0.29) is 19.6 Å². The molecule has 124 valence electrons. The number of amides is 1. The third-order valence-corrected chi connectivity index (χ3v) is 3.35. The Morgan fingerprint density at radius 1 is 1.35 bits per heavy atom. The summed E-state index contributed by atoms with van der Waals surface area (Å²) >= 11 is 0. The van der Waals surface area contributed by atoms with Gasteiger partial charge in [-0.3, -0.25) is 4.68 Å². The molecule has 1 amide bonds. The molecule has 0 aliphatic heterocycles. The molecule has 0 radical (unpaired) electrons. The van der Waals surface area contributed by atoms with Crippen molar-refractivity contribution in [3.05, 3.63) is 53.9 Å². The molecule has 1 aromatic heterocycles. The molecule has 2 rings (SSSR count). The number of aliphatic hydroxyl groups excluding tert-OH is 2. The lowest BCUT2D eigenvalue weighted by atomic mass is 10.1. The molecule has 2 aromatic rings. The summed E-state index contributed by atoms with van der Waals surface area (Å²) in [4.78, 5) is 11.6. The Kier molecular flexibility index (Phi) is 6.13. The van der Waals surface area contributed by atoms with Gasteiger partial charge in [-0.2, -0.15) is 5.10 Å². The number of aliphatic hydroxyl groups is 2. The lowest BCUT2D eigenvalue weighted by Gasteiger charge is -2.16. The van der Waals surface area contributed by atoms with Crippen molar-refractivity contribution in [3.8, 4) is 0 Å². The zero-order valence-electron chi connectivity index (χ0n) is 12.9. The molecule has 7 nitrogen and oxygen atoms in total. The molecule has 0 bridgehead atoms. The van der Waals surface area contributed by atoms with Crippen LogP contribution >= 0.6 is 0 Å². The average Bonchev–Trinajstić information content (AvgIpc) is 2.99. The van der Waals surface area contributed by atoms with Crippen LogP contribution in [0.25, 0.3) is 0 Å². The minimum absolute atomic E-state index is 0.188. The van der Waals surface area contributed by atoms with Crippen molar-refractivity contribution in [3.63, 3.8) is 0 Å². The summed E-state index contributed by atoms with van der Waals surface area (Å²) in [6.07, 6.45) is 0.748. The van der Waals surface area contributed by atoms with Crippen LogP contribution in [-0.2, 0) is 18.4 Å². The summed E-state index contributed by atoms with van der Waals surface area (Å²) in [6, 6.07) is 9.35. The Hall–Kier alpha value is -2.38. The van der Waals surface area contributed by atoms with E-state index in [2.05, 4.69) is 10.4 Å². The largest absolute Gasteiger partial charge is 0.445 e. The first-order valence-corrected chi connectivity index (χ1v) is 7.35. The molecule has 1 heterocycles. The van der Waals surface area contributed by atoms with Crippen molar-refractivity contribution in [2.75, 3.05) is 6.54 Å². The number of aromatic nitrogens is 2. The van der Waals surface area contributed by atoms with E-state index in [1.165, 1.54) is 6.20 Å². The fourth-order valence-corrected chi connectivity index (χ4v) is 2.07. The maximum Gasteiger partial charge on any atom is 0.407 e. The van der Waals surface area contributed by atoms with Crippen molar-refractivity contribution in [1.82, 2.24) is 15.1 Å². The van der Waals surface area contributed by atoms with E-state index in [1.807, 2.05) is 30.3 Å². The van der Waals surface area contributed by atoms with E-state index >= 15 is 0 Å². The summed E-state index contributed by atoms with van der Waals surface area (Å²) in [7, 11) is 1.73.